The van der Waals surface area contributed by atoms with Crippen LogP contribution in [0.1, 0.15) is 41.6 Å². The van der Waals surface area contributed by atoms with Crippen molar-refractivity contribution >= 4 is 50.7 Å². The Morgan fingerprint density at radius 2 is 1.79 bits per heavy atom. The van der Waals surface area contributed by atoms with Crippen LogP contribution in [0.2, 0.25) is 0 Å². The van der Waals surface area contributed by atoms with Crippen LogP contribution in [0.3, 0.4) is 0 Å². The second kappa shape index (κ2) is 12.3. The van der Waals surface area contributed by atoms with Gasteiger partial charge in [0, 0.05) is 5.75 Å². The molecular weight excluding hydrogens is 587 g/mol. The second-order valence-electron chi connectivity index (χ2n) is 9.50. The lowest BCUT2D eigenvalue weighted by atomic mass is 9.95. The maximum Gasteiger partial charge on any atom is 0.296 e. The predicted octanol–water partition coefficient (Wildman–Crippen LogP) is 7.16. The Morgan fingerprint density at radius 1 is 1.00 bits per heavy atom. The van der Waals surface area contributed by atoms with E-state index in [0.29, 0.717) is 40.4 Å². The van der Waals surface area contributed by atoms with Gasteiger partial charge in [-0.3, -0.25) is 14.5 Å². The highest BCUT2D eigenvalue weighted by molar-refractivity contribution is 8.00. The molecule has 0 radical (unpaired) electrons. The number of aliphatic hydroxyl groups excluding tert-OH is 1. The third-order valence-electron chi connectivity index (χ3n) is 6.91. The van der Waals surface area contributed by atoms with Crippen molar-refractivity contribution < 1.29 is 28.6 Å². The van der Waals surface area contributed by atoms with Gasteiger partial charge in [0.15, 0.2) is 27.4 Å². The van der Waals surface area contributed by atoms with Crippen LogP contribution in [0.15, 0.2) is 99.1 Å². The highest BCUT2D eigenvalue weighted by Crippen LogP contribution is 2.45. The predicted molar refractivity (Wildman–Crippen MR) is 165 cm³/mol. The third kappa shape index (κ3) is 5.49. The first-order valence-corrected chi connectivity index (χ1v) is 15.5. The van der Waals surface area contributed by atoms with E-state index in [1.807, 2.05) is 32.0 Å². The Bertz CT molecular complexity index is 1830. The first-order chi connectivity index (χ1) is 21.0. The van der Waals surface area contributed by atoms with Crippen LogP contribution in [0, 0.1) is 0 Å². The average molecular weight is 614 g/mol. The van der Waals surface area contributed by atoms with Crippen LogP contribution in [0.25, 0.3) is 10.8 Å². The number of thioether (sulfide) groups is 1. The lowest BCUT2D eigenvalue weighted by Crippen LogP contribution is -2.31. The Balaban J connectivity index is 1.36. The number of hydrogen-bond donors (Lipinski definition) is 1. The third-order valence-corrected chi connectivity index (χ3v) is 9.02. The summed E-state index contributed by atoms with van der Waals surface area (Å²) in [7, 11) is 0. The molecule has 2 aromatic heterocycles. The van der Waals surface area contributed by atoms with Crippen LogP contribution >= 0.6 is 23.1 Å². The molecule has 11 heteroatoms. The zero-order valence-electron chi connectivity index (χ0n) is 23.4. The minimum absolute atomic E-state index is 0.000708. The molecule has 5 aromatic rings. The summed E-state index contributed by atoms with van der Waals surface area (Å²) < 4.78 is 17.5. The molecule has 1 aliphatic rings. The van der Waals surface area contributed by atoms with Crippen LogP contribution in [0.4, 0.5) is 5.13 Å². The molecule has 0 saturated heterocycles. The van der Waals surface area contributed by atoms with Crippen molar-refractivity contribution in [2.75, 3.05) is 18.1 Å². The van der Waals surface area contributed by atoms with Gasteiger partial charge in [0.2, 0.25) is 10.9 Å². The molecule has 9 nitrogen and oxygen atoms in total. The van der Waals surface area contributed by atoms with Crippen molar-refractivity contribution in [1.29, 1.82) is 0 Å². The number of aromatic nitrogens is 2. The van der Waals surface area contributed by atoms with E-state index < -0.39 is 23.5 Å². The van der Waals surface area contributed by atoms with Crippen LogP contribution < -0.4 is 14.4 Å². The number of furan rings is 1. The zero-order chi connectivity index (χ0) is 29.9. The van der Waals surface area contributed by atoms with Gasteiger partial charge in [0.1, 0.15) is 0 Å². The molecule has 3 aromatic carbocycles. The van der Waals surface area contributed by atoms with Gasteiger partial charge >= 0.3 is 0 Å². The number of ketones is 1. The first kappa shape index (κ1) is 28.5. The fraction of sp³-hybridized carbons (Fsp3) is 0.188. The Hall–Kier alpha value is -4.61. The molecule has 0 spiro atoms. The molecule has 43 heavy (non-hydrogen) atoms. The van der Waals surface area contributed by atoms with E-state index in [1.54, 1.807) is 24.3 Å². The average Bonchev–Trinajstić information content (AvgIpc) is 3.78. The number of nitrogens with zero attached hydrogens (tertiary/aromatic N) is 3. The number of carbonyl (C=O) groups excluding carboxylic acids is 2. The van der Waals surface area contributed by atoms with Gasteiger partial charge in [-0.15, -0.1) is 10.2 Å². The molecule has 0 fully saturated rings. The van der Waals surface area contributed by atoms with Crippen molar-refractivity contribution in [3.8, 4) is 11.5 Å². The van der Waals surface area contributed by atoms with Gasteiger partial charge in [-0.2, -0.15) is 0 Å². The summed E-state index contributed by atoms with van der Waals surface area (Å²) in [6, 6.07) is 21.6. The number of carbonyl (C=O) groups is 2. The van der Waals surface area contributed by atoms with E-state index >= 15 is 0 Å². The molecule has 1 amide bonds. The maximum atomic E-state index is 13.6. The van der Waals surface area contributed by atoms with Crippen molar-refractivity contribution in [3.05, 3.63) is 107 Å². The van der Waals surface area contributed by atoms with E-state index in [2.05, 4.69) is 34.5 Å². The number of rotatable bonds is 11. The molecule has 1 unspecified atom stereocenters. The van der Waals surface area contributed by atoms with Crippen molar-refractivity contribution in [2.45, 2.75) is 30.0 Å². The normalized spacial score (nSPS) is 15.0. The monoisotopic (exact) mass is 613 g/mol. The zero-order valence-corrected chi connectivity index (χ0v) is 25.0. The second-order valence-corrected chi connectivity index (χ2v) is 11.7. The molecular formula is C32H27N3O6S2. The van der Waals surface area contributed by atoms with E-state index in [9.17, 15) is 14.7 Å². The Morgan fingerprint density at radius 3 is 2.58 bits per heavy atom. The number of aliphatic hydroxyl groups is 1. The van der Waals surface area contributed by atoms with Crippen molar-refractivity contribution in [1.82, 2.24) is 10.2 Å². The van der Waals surface area contributed by atoms with Gasteiger partial charge in [0.25, 0.3) is 5.91 Å². The maximum absolute atomic E-state index is 13.6. The standard InChI is InChI=1S/C32H27N3O6S2/c1-3-39-23-15-14-20(17-25(23)40-4-2)27-26(28(36)24-13-8-16-41-24)29(37)30(38)35(27)31-33-34-32(43-31)42-18-21-11-7-10-19-9-5-6-12-22(19)21/h5-17,27,37H,3-4,18H2,1-2H3. The summed E-state index contributed by atoms with van der Waals surface area (Å²) in [6.07, 6.45) is 1.36. The van der Waals surface area contributed by atoms with Crippen LogP contribution in [-0.2, 0) is 10.5 Å². The van der Waals surface area contributed by atoms with E-state index in [4.69, 9.17) is 13.9 Å². The molecule has 1 aliphatic heterocycles. The highest BCUT2D eigenvalue weighted by Gasteiger charge is 2.47. The number of amides is 1. The SMILES string of the molecule is CCOc1ccc(C2C(C(=O)c3ccco3)=C(O)C(=O)N2c2nnc(SCc3cccc4ccccc34)s2)cc1OCC. The lowest BCUT2D eigenvalue weighted by Gasteiger charge is -2.24. The van der Waals surface area contributed by atoms with E-state index in [-0.39, 0.29) is 16.5 Å². The summed E-state index contributed by atoms with van der Waals surface area (Å²) in [4.78, 5) is 28.5. The summed E-state index contributed by atoms with van der Waals surface area (Å²) in [5.41, 5.74) is 1.56. The largest absolute Gasteiger partial charge is 0.503 e. The summed E-state index contributed by atoms with van der Waals surface area (Å²) >= 11 is 2.71. The fourth-order valence-electron chi connectivity index (χ4n) is 5.04. The summed E-state index contributed by atoms with van der Waals surface area (Å²) in [5, 5.41) is 22.3. The Kier molecular flexibility index (Phi) is 8.17. The number of hydrogen-bond acceptors (Lipinski definition) is 10. The van der Waals surface area contributed by atoms with Gasteiger partial charge in [-0.1, -0.05) is 71.6 Å². The molecule has 218 valence electrons. The van der Waals surface area contributed by atoms with Gasteiger partial charge < -0.3 is 19.0 Å². The number of ether oxygens (including phenoxy) is 2. The minimum atomic E-state index is -1.01. The molecule has 0 saturated carbocycles. The van der Waals surface area contributed by atoms with E-state index in [1.165, 1.54) is 40.3 Å². The molecule has 1 N–H and O–H groups in total. The van der Waals surface area contributed by atoms with Gasteiger partial charge in [-0.05, 0) is 60.0 Å². The molecule has 0 bridgehead atoms. The van der Waals surface area contributed by atoms with Crippen molar-refractivity contribution in [3.63, 3.8) is 0 Å². The van der Waals surface area contributed by atoms with Crippen molar-refractivity contribution in [2.24, 2.45) is 0 Å². The number of fused-ring (bicyclic) bond motifs is 1. The van der Waals surface area contributed by atoms with Gasteiger partial charge in [0.05, 0.1) is 31.1 Å². The molecule has 0 aliphatic carbocycles. The minimum Gasteiger partial charge on any atom is -0.503 e. The number of Topliss-reactive ketones (excluding diaryl/α,β-unsaturated/α-hetero) is 1. The fourth-order valence-corrected chi connectivity index (χ4v) is 6.92. The smallest absolute Gasteiger partial charge is 0.296 e. The molecule has 3 heterocycles. The molecule has 1 atom stereocenters. The molecule has 6 rings (SSSR count). The summed E-state index contributed by atoms with van der Waals surface area (Å²) in [5.74, 6) is -0.401. The lowest BCUT2D eigenvalue weighted by molar-refractivity contribution is -0.117. The Labute approximate surface area is 255 Å². The number of anilines is 1. The summed E-state index contributed by atoms with van der Waals surface area (Å²) in [6.45, 7) is 4.53. The van der Waals surface area contributed by atoms with Crippen LogP contribution in [0.5, 0.6) is 11.5 Å². The van der Waals surface area contributed by atoms with E-state index in [0.717, 1.165) is 16.3 Å². The van der Waals surface area contributed by atoms with Crippen LogP contribution in [-0.4, -0.2) is 40.2 Å². The quantitative estimate of drug-likeness (QED) is 0.0941. The first-order valence-electron chi connectivity index (χ1n) is 13.7. The number of benzene rings is 3. The topological polar surface area (TPSA) is 115 Å². The van der Waals surface area contributed by atoms with Gasteiger partial charge in [-0.25, -0.2) is 0 Å². The highest BCUT2D eigenvalue weighted by atomic mass is 32.2.